The van der Waals surface area contributed by atoms with Gasteiger partial charge in [0.25, 0.3) is 0 Å². The number of ether oxygens (including phenoxy) is 2. The molecule has 2 N–H and O–H groups in total. The van der Waals surface area contributed by atoms with Crippen LogP contribution in [0.3, 0.4) is 0 Å². The van der Waals surface area contributed by atoms with Gasteiger partial charge in [0.1, 0.15) is 5.60 Å². The molecule has 1 fully saturated rings. The first-order chi connectivity index (χ1) is 9.97. The number of carbonyl (C=O) groups excluding carboxylic acids is 1. The van der Waals surface area contributed by atoms with Crippen molar-refractivity contribution in [3.05, 3.63) is 0 Å². The number of nitrogens with one attached hydrogen (secondary N) is 2. The van der Waals surface area contributed by atoms with Gasteiger partial charge >= 0.3 is 6.09 Å². The standard InChI is InChI=1S/C17H34N2O3/c1-15(2,3)22-14(20)18-12-17(6,13-8-9-13)19-11-10-16(4,5)21-7/h13,19H,8-12H2,1-7H3,(H,18,20). The molecule has 1 rings (SSSR count). The van der Waals surface area contributed by atoms with Crippen molar-refractivity contribution in [2.24, 2.45) is 5.92 Å². The summed E-state index contributed by atoms with van der Waals surface area (Å²) in [6, 6.07) is 0. The lowest BCUT2D eigenvalue weighted by atomic mass is 9.94. The maximum absolute atomic E-state index is 11.8. The van der Waals surface area contributed by atoms with Crippen LogP contribution in [0.4, 0.5) is 4.79 Å². The molecule has 1 saturated carbocycles. The quantitative estimate of drug-likeness (QED) is 0.723. The van der Waals surface area contributed by atoms with E-state index in [0.29, 0.717) is 12.5 Å². The summed E-state index contributed by atoms with van der Waals surface area (Å²) in [5.41, 5.74) is -0.674. The van der Waals surface area contributed by atoms with E-state index in [1.165, 1.54) is 12.8 Å². The lowest BCUT2D eigenvalue weighted by molar-refractivity contribution is 0.0137. The molecular weight excluding hydrogens is 280 g/mol. The molecule has 0 aromatic rings. The molecule has 1 amide bonds. The van der Waals surface area contributed by atoms with E-state index < -0.39 is 5.60 Å². The van der Waals surface area contributed by atoms with Crippen LogP contribution >= 0.6 is 0 Å². The third kappa shape index (κ3) is 6.97. The Balaban J connectivity index is 2.45. The van der Waals surface area contributed by atoms with Crippen LogP contribution in [0.15, 0.2) is 0 Å². The minimum absolute atomic E-state index is 0.0826. The Morgan fingerprint density at radius 2 is 1.73 bits per heavy atom. The van der Waals surface area contributed by atoms with Gasteiger partial charge in [0.05, 0.1) is 5.60 Å². The van der Waals surface area contributed by atoms with Crippen molar-refractivity contribution in [1.82, 2.24) is 10.6 Å². The molecule has 0 saturated heterocycles. The maximum atomic E-state index is 11.8. The highest BCUT2D eigenvalue weighted by molar-refractivity contribution is 5.67. The molecule has 0 aromatic carbocycles. The first kappa shape index (κ1) is 19.2. The second kappa shape index (κ2) is 7.18. The van der Waals surface area contributed by atoms with Crippen molar-refractivity contribution in [3.63, 3.8) is 0 Å². The predicted octanol–water partition coefficient (Wildman–Crippen LogP) is 3.08. The van der Waals surface area contributed by atoms with Gasteiger partial charge in [-0.05, 0) is 73.3 Å². The first-order valence-corrected chi connectivity index (χ1v) is 8.24. The van der Waals surface area contributed by atoms with Gasteiger partial charge in [-0.2, -0.15) is 0 Å². The van der Waals surface area contributed by atoms with Gasteiger partial charge in [0.15, 0.2) is 0 Å². The van der Waals surface area contributed by atoms with Crippen LogP contribution in [-0.4, -0.2) is 43.0 Å². The molecule has 1 unspecified atom stereocenters. The fourth-order valence-corrected chi connectivity index (χ4v) is 2.39. The van der Waals surface area contributed by atoms with E-state index in [4.69, 9.17) is 9.47 Å². The second-order valence-corrected chi connectivity index (χ2v) is 8.19. The van der Waals surface area contributed by atoms with Crippen molar-refractivity contribution in [1.29, 1.82) is 0 Å². The van der Waals surface area contributed by atoms with E-state index >= 15 is 0 Å². The van der Waals surface area contributed by atoms with E-state index in [1.807, 2.05) is 20.8 Å². The number of amides is 1. The summed E-state index contributed by atoms with van der Waals surface area (Å²) >= 11 is 0. The molecule has 1 atom stereocenters. The Morgan fingerprint density at radius 3 is 2.18 bits per heavy atom. The minimum atomic E-state index is -0.462. The Kier molecular flexibility index (Phi) is 6.27. The van der Waals surface area contributed by atoms with Crippen LogP contribution in [0.2, 0.25) is 0 Å². The molecule has 0 heterocycles. The fourth-order valence-electron chi connectivity index (χ4n) is 2.39. The largest absolute Gasteiger partial charge is 0.444 e. The number of hydrogen-bond acceptors (Lipinski definition) is 4. The summed E-state index contributed by atoms with van der Waals surface area (Å²) < 4.78 is 10.8. The van der Waals surface area contributed by atoms with Gasteiger partial charge in [-0.15, -0.1) is 0 Å². The Labute approximate surface area is 135 Å². The SMILES string of the molecule is COC(C)(C)CCNC(C)(CNC(=O)OC(C)(C)C)C1CC1. The number of methoxy groups -OCH3 is 1. The molecule has 0 spiro atoms. The highest BCUT2D eigenvalue weighted by atomic mass is 16.6. The molecule has 0 aromatic heterocycles. The monoisotopic (exact) mass is 314 g/mol. The summed E-state index contributed by atoms with van der Waals surface area (Å²) in [7, 11) is 1.74. The van der Waals surface area contributed by atoms with Gasteiger partial charge in [-0.3, -0.25) is 0 Å². The Hall–Kier alpha value is -0.810. The van der Waals surface area contributed by atoms with Crippen LogP contribution in [-0.2, 0) is 9.47 Å². The average Bonchev–Trinajstić information content (AvgIpc) is 3.19. The van der Waals surface area contributed by atoms with Gasteiger partial charge in [0.2, 0.25) is 0 Å². The number of rotatable bonds is 8. The normalized spacial score (nSPS) is 18.7. The van der Waals surface area contributed by atoms with Crippen LogP contribution in [0.5, 0.6) is 0 Å². The molecule has 1 aliphatic carbocycles. The lowest BCUT2D eigenvalue weighted by Crippen LogP contribution is -2.54. The molecular formula is C17H34N2O3. The molecule has 5 heteroatoms. The van der Waals surface area contributed by atoms with Crippen LogP contribution < -0.4 is 10.6 Å². The van der Waals surface area contributed by atoms with E-state index in [1.54, 1.807) is 7.11 Å². The van der Waals surface area contributed by atoms with Gasteiger partial charge in [-0.1, -0.05) is 0 Å². The van der Waals surface area contributed by atoms with E-state index in [2.05, 4.69) is 31.4 Å². The highest BCUT2D eigenvalue weighted by Gasteiger charge is 2.41. The van der Waals surface area contributed by atoms with E-state index in [9.17, 15) is 4.79 Å². The van der Waals surface area contributed by atoms with E-state index in [0.717, 1.165) is 13.0 Å². The number of hydrogen-bond donors (Lipinski definition) is 2. The van der Waals surface area contributed by atoms with Crippen LogP contribution in [0, 0.1) is 5.92 Å². The smallest absolute Gasteiger partial charge is 0.407 e. The predicted molar refractivity (Wildman–Crippen MR) is 89.1 cm³/mol. The number of alkyl carbamates (subject to hydrolysis) is 1. The van der Waals surface area contributed by atoms with Gasteiger partial charge in [-0.25, -0.2) is 4.79 Å². The van der Waals surface area contributed by atoms with Gasteiger partial charge in [0, 0.05) is 19.2 Å². The average molecular weight is 314 g/mol. The zero-order chi connectivity index (χ0) is 17.0. The zero-order valence-corrected chi connectivity index (χ0v) is 15.3. The molecule has 1 aliphatic rings. The van der Waals surface area contributed by atoms with Crippen LogP contribution in [0.25, 0.3) is 0 Å². The molecule has 5 nitrogen and oxygen atoms in total. The molecule has 0 aliphatic heterocycles. The first-order valence-electron chi connectivity index (χ1n) is 8.24. The van der Waals surface area contributed by atoms with E-state index in [-0.39, 0.29) is 17.2 Å². The van der Waals surface area contributed by atoms with Crippen LogP contribution in [0.1, 0.15) is 60.8 Å². The lowest BCUT2D eigenvalue weighted by Gasteiger charge is -2.33. The summed E-state index contributed by atoms with van der Waals surface area (Å²) in [6.07, 6.45) is 3.01. The fraction of sp³-hybridized carbons (Fsp3) is 0.941. The number of carbonyl (C=O) groups is 1. The van der Waals surface area contributed by atoms with Crippen molar-refractivity contribution < 1.29 is 14.3 Å². The maximum Gasteiger partial charge on any atom is 0.407 e. The summed E-state index contributed by atoms with van der Waals surface area (Å²) in [4.78, 5) is 11.8. The Morgan fingerprint density at radius 1 is 1.14 bits per heavy atom. The Bertz CT molecular complexity index is 373. The van der Waals surface area contributed by atoms with Crippen molar-refractivity contribution in [2.75, 3.05) is 20.2 Å². The topological polar surface area (TPSA) is 59.6 Å². The summed E-state index contributed by atoms with van der Waals surface area (Å²) in [5.74, 6) is 0.619. The highest BCUT2D eigenvalue weighted by Crippen LogP contribution is 2.39. The second-order valence-electron chi connectivity index (χ2n) is 8.19. The van der Waals surface area contributed by atoms with Crippen molar-refractivity contribution in [3.8, 4) is 0 Å². The molecule has 0 bridgehead atoms. The minimum Gasteiger partial charge on any atom is -0.444 e. The third-order valence-electron chi connectivity index (χ3n) is 4.29. The van der Waals surface area contributed by atoms with Crippen molar-refractivity contribution >= 4 is 6.09 Å². The summed E-state index contributed by atoms with van der Waals surface area (Å²) in [6.45, 7) is 13.4. The van der Waals surface area contributed by atoms with Gasteiger partial charge < -0.3 is 20.1 Å². The zero-order valence-electron chi connectivity index (χ0n) is 15.3. The molecule has 22 heavy (non-hydrogen) atoms. The van der Waals surface area contributed by atoms with Crippen molar-refractivity contribution in [2.45, 2.75) is 77.5 Å². The molecule has 0 radical (unpaired) electrons. The molecule has 130 valence electrons. The third-order valence-corrected chi connectivity index (χ3v) is 4.29. The summed E-state index contributed by atoms with van der Waals surface area (Å²) in [5, 5.41) is 6.52.